The molecule has 0 spiro atoms. The number of nitrogens with one attached hydrogen (secondary N) is 1. The Bertz CT molecular complexity index is 82.6. The number of carbonyl (C=O) groups is 1. The number of hydrogen-bond donors (Lipinski definition) is 4. The quantitative estimate of drug-likeness (QED) is 0.227. The van der Waals surface area contributed by atoms with Crippen LogP contribution in [0.4, 0.5) is 0 Å². The summed E-state index contributed by atoms with van der Waals surface area (Å²) in [5.41, 5.74) is 8.94. The number of aliphatic carboxylic acids is 1. The molecule has 9 heavy (non-hydrogen) atoms. The number of guanidine groups is 1. The van der Waals surface area contributed by atoms with E-state index in [1.165, 1.54) is 0 Å². The number of hydrogen-bond acceptors (Lipinski definition) is 2. The molecule has 5 nitrogen and oxygen atoms in total. The van der Waals surface area contributed by atoms with Gasteiger partial charge in [-0.05, 0) is 0 Å². The third-order valence-corrected chi connectivity index (χ3v) is 0. The molecule has 0 radical (unpaired) electrons. The second-order valence-corrected chi connectivity index (χ2v) is 0.974. The number of rotatable bonds is 0. The van der Waals surface area contributed by atoms with Gasteiger partial charge in [-0.1, -0.05) is 0 Å². The summed E-state index contributed by atoms with van der Waals surface area (Å²) in [6, 6.07) is 0. The molecular formula is C3H11N3O2Sr. The molecule has 6 N–H and O–H groups in total. The minimum Gasteiger partial charge on any atom is -1.00 e. The fraction of sp³-hybridized carbons (Fsp3) is 0.333. The Kier molecular flexibility index (Phi) is 19.8. The maximum atomic E-state index is 9.00. The van der Waals surface area contributed by atoms with Crippen molar-refractivity contribution in [3.8, 4) is 0 Å². The molecular weight excluding hydrogens is 198 g/mol. The van der Waals surface area contributed by atoms with Gasteiger partial charge in [-0.15, -0.1) is 0 Å². The molecule has 6 heteroatoms. The van der Waals surface area contributed by atoms with Crippen molar-refractivity contribution in [2.75, 3.05) is 0 Å². The number of carboxylic acids is 1. The van der Waals surface area contributed by atoms with Crippen molar-refractivity contribution >= 4 is 57.4 Å². The van der Waals surface area contributed by atoms with Crippen LogP contribution >= 0.6 is 0 Å². The molecule has 0 heterocycles. The average Bonchev–Trinajstić information content (AvgIpc) is 1.25. The molecule has 0 unspecified atom stereocenters. The zero-order chi connectivity index (χ0) is 7.15. The summed E-state index contributed by atoms with van der Waals surface area (Å²) in [5, 5.41) is 13.5. The van der Waals surface area contributed by atoms with Crippen molar-refractivity contribution < 1.29 is 12.8 Å². The first-order chi connectivity index (χ1) is 3.46. The van der Waals surface area contributed by atoms with Crippen LogP contribution in [0.2, 0.25) is 0 Å². The summed E-state index contributed by atoms with van der Waals surface area (Å²) in [4.78, 5) is 9.00. The first kappa shape index (κ1) is 16.1. The van der Waals surface area contributed by atoms with Crippen LogP contribution in [0.5, 0.6) is 0 Å². The van der Waals surface area contributed by atoms with E-state index in [0.29, 0.717) is 0 Å². The molecule has 0 bridgehead atoms. The Morgan fingerprint density at radius 1 is 1.67 bits per heavy atom. The minimum atomic E-state index is -0.833. The van der Waals surface area contributed by atoms with E-state index in [4.69, 9.17) is 15.3 Å². The Morgan fingerprint density at radius 3 is 1.67 bits per heavy atom. The normalized spacial score (nSPS) is 5.44. The van der Waals surface area contributed by atoms with Gasteiger partial charge in [-0.3, -0.25) is 10.2 Å². The SMILES string of the molecule is CC(=O)O.N=C(N)N.[H-].[H-].[Sr+2]. The van der Waals surface area contributed by atoms with E-state index in [1.807, 2.05) is 0 Å². The van der Waals surface area contributed by atoms with Crippen LogP contribution < -0.4 is 11.5 Å². The van der Waals surface area contributed by atoms with Gasteiger partial charge in [-0.25, -0.2) is 0 Å². The fourth-order valence-electron chi connectivity index (χ4n) is 0. The first-order valence-electron chi connectivity index (χ1n) is 1.76. The predicted molar refractivity (Wildman–Crippen MR) is 37.4 cm³/mol. The molecule has 0 amide bonds. The first-order valence-corrected chi connectivity index (χ1v) is 1.76. The maximum absolute atomic E-state index is 9.00. The van der Waals surface area contributed by atoms with Gasteiger partial charge in [0.15, 0.2) is 5.96 Å². The third kappa shape index (κ3) is 6540. The Hall–Kier alpha value is 0.221. The van der Waals surface area contributed by atoms with E-state index in [2.05, 4.69) is 11.5 Å². The summed E-state index contributed by atoms with van der Waals surface area (Å²) < 4.78 is 0. The topological polar surface area (TPSA) is 113 Å². The van der Waals surface area contributed by atoms with Crippen LogP contribution in [0, 0.1) is 5.41 Å². The van der Waals surface area contributed by atoms with Crippen molar-refractivity contribution in [3.05, 3.63) is 0 Å². The van der Waals surface area contributed by atoms with E-state index < -0.39 is 5.97 Å². The Balaban J connectivity index is -0.0000000171. The van der Waals surface area contributed by atoms with Crippen molar-refractivity contribution in [1.29, 1.82) is 5.41 Å². The molecule has 52 valence electrons. The molecule has 0 fully saturated rings. The van der Waals surface area contributed by atoms with Crippen LogP contribution in [0.15, 0.2) is 0 Å². The fourth-order valence-corrected chi connectivity index (χ4v) is 0. The molecule has 0 atom stereocenters. The van der Waals surface area contributed by atoms with E-state index >= 15 is 0 Å². The number of nitrogens with two attached hydrogens (primary N) is 2. The van der Waals surface area contributed by atoms with Crippen molar-refractivity contribution in [1.82, 2.24) is 0 Å². The summed E-state index contributed by atoms with van der Waals surface area (Å²) >= 11 is 0. The summed E-state index contributed by atoms with van der Waals surface area (Å²) in [7, 11) is 0. The monoisotopic (exact) mass is 209 g/mol. The molecule has 0 aromatic carbocycles. The molecule has 0 aromatic rings. The third-order valence-electron chi connectivity index (χ3n) is 0. The van der Waals surface area contributed by atoms with Gasteiger partial charge in [-0.2, -0.15) is 0 Å². The van der Waals surface area contributed by atoms with Crippen molar-refractivity contribution in [3.63, 3.8) is 0 Å². The number of carboxylic acid groups (broad SMARTS) is 1. The van der Waals surface area contributed by atoms with Crippen molar-refractivity contribution in [2.24, 2.45) is 11.5 Å². The molecule has 0 saturated carbocycles. The van der Waals surface area contributed by atoms with E-state index in [9.17, 15) is 0 Å². The van der Waals surface area contributed by atoms with Crippen LogP contribution in [0.25, 0.3) is 0 Å². The molecule has 0 aliphatic rings. The van der Waals surface area contributed by atoms with E-state index in [1.54, 1.807) is 0 Å². The zero-order valence-electron chi connectivity index (χ0n) is 7.22. The minimum absolute atomic E-state index is 0. The molecule has 0 aromatic heterocycles. The van der Waals surface area contributed by atoms with Crippen LogP contribution in [0.3, 0.4) is 0 Å². The van der Waals surface area contributed by atoms with Crippen LogP contribution in [-0.4, -0.2) is 62.5 Å². The molecule has 0 aliphatic heterocycles. The van der Waals surface area contributed by atoms with Gasteiger partial charge in [0.2, 0.25) is 0 Å². The Morgan fingerprint density at radius 2 is 1.67 bits per heavy atom. The summed E-state index contributed by atoms with van der Waals surface area (Å²) in [6.07, 6.45) is 0. The Labute approximate surface area is 93.2 Å². The molecule has 0 saturated heterocycles. The van der Waals surface area contributed by atoms with E-state index in [0.717, 1.165) is 6.92 Å². The van der Waals surface area contributed by atoms with Gasteiger partial charge in [0.05, 0.1) is 0 Å². The standard InChI is InChI=1S/C2H4O2.CH5N3.Sr.2H/c1-2(3)4;2-1(3)4;;;/h1H3,(H,3,4);(H5,2,3,4);;;/q;;+2;2*-1. The van der Waals surface area contributed by atoms with Gasteiger partial charge >= 0.3 is 45.5 Å². The van der Waals surface area contributed by atoms with E-state index in [-0.39, 0.29) is 54.3 Å². The molecule has 0 rings (SSSR count). The summed E-state index contributed by atoms with van der Waals surface area (Å²) in [5.74, 6) is -1.17. The predicted octanol–water partition coefficient (Wildman–Crippen LogP) is -1.23. The molecule has 0 aliphatic carbocycles. The zero-order valence-corrected chi connectivity index (χ0v) is 8.69. The van der Waals surface area contributed by atoms with Gasteiger partial charge in [0.25, 0.3) is 5.97 Å². The van der Waals surface area contributed by atoms with Gasteiger partial charge in [0, 0.05) is 6.92 Å². The van der Waals surface area contributed by atoms with Crippen molar-refractivity contribution in [2.45, 2.75) is 6.92 Å². The van der Waals surface area contributed by atoms with Crippen LogP contribution in [0.1, 0.15) is 9.78 Å². The van der Waals surface area contributed by atoms with Crippen LogP contribution in [-0.2, 0) is 4.79 Å². The summed E-state index contributed by atoms with van der Waals surface area (Å²) in [6.45, 7) is 1.08. The second kappa shape index (κ2) is 11.1. The van der Waals surface area contributed by atoms with Gasteiger partial charge in [0.1, 0.15) is 0 Å². The largest absolute Gasteiger partial charge is 2.00 e. The van der Waals surface area contributed by atoms with Gasteiger partial charge < -0.3 is 19.4 Å². The average molecular weight is 209 g/mol. The maximum Gasteiger partial charge on any atom is 2.00 e. The smallest absolute Gasteiger partial charge is 1.00 e. The second-order valence-electron chi connectivity index (χ2n) is 0.974.